The highest BCUT2D eigenvalue weighted by atomic mass is 16.5. The van der Waals surface area contributed by atoms with E-state index < -0.39 is 0 Å². The molecule has 0 aromatic carbocycles. The van der Waals surface area contributed by atoms with Gasteiger partial charge >= 0.3 is 0 Å². The molecule has 0 aliphatic carbocycles. The van der Waals surface area contributed by atoms with E-state index in [4.69, 9.17) is 4.74 Å². The molecular weight excluding hydrogens is 256 g/mol. The van der Waals surface area contributed by atoms with Crippen molar-refractivity contribution in [3.8, 4) is 5.88 Å². The number of rotatable bonds is 6. The zero-order valence-electron chi connectivity index (χ0n) is 11.7. The van der Waals surface area contributed by atoms with Crippen molar-refractivity contribution in [3.05, 3.63) is 46.5 Å². The highest BCUT2D eigenvalue weighted by Gasteiger charge is 2.06. The van der Waals surface area contributed by atoms with Crippen molar-refractivity contribution in [2.45, 2.75) is 19.9 Å². The molecule has 2 aromatic heterocycles. The Morgan fingerprint density at radius 2 is 2.30 bits per heavy atom. The SMILES string of the molecule is CCCNc1cnn(Cc2cccnc2OC)c(=O)c1. The Morgan fingerprint density at radius 1 is 1.45 bits per heavy atom. The van der Waals surface area contributed by atoms with Gasteiger partial charge in [0.25, 0.3) is 5.56 Å². The highest BCUT2D eigenvalue weighted by molar-refractivity contribution is 5.38. The van der Waals surface area contributed by atoms with Crippen molar-refractivity contribution < 1.29 is 4.74 Å². The molecule has 0 aliphatic rings. The van der Waals surface area contributed by atoms with Crippen LogP contribution < -0.4 is 15.6 Å². The molecule has 6 nitrogen and oxygen atoms in total. The molecule has 0 atom stereocenters. The van der Waals surface area contributed by atoms with Crippen molar-refractivity contribution in [1.29, 1.82) is 0 Å². The van der Waals surface area contributed by atoms with Gasteiger partial charge in [0.2, 0.25) is 5.88 Å². The number of ether oxygens (including phenoxy) is 1. The van der Waals surface area contributed by atoms with Crippen LogP contribution in [0.25, 0.3) is 0 Å². The van der Waals surface area contributed by atoms with Gasteiger partial charge in [-0.2, -0.15) is 5.10 Å². The van der Waals surface area contributed by atoms with Gasteiger partial charge in [-0.05, 0) is 12.5 Å². The van der Waals surface area contributed by atoms with Gasteiger partial charge in [-0.15, -0.1) is 0 Å². The lowest BCUT2D eigenvalue weighted by Crippen LogP contribution is -2.23. The summed E-state index contributed by atoms with van der Waals surface area (Å²) in [6.07, 6.45) is 4.30. The number of nitrogens with one attached hydrogen (secondary N) is 1. The Hall–Kier alpha value is -2.37. The summed E-state index contributed by atoms with van der Waals surface area (Å²) in [6, 6.07) is 5.22. The molecule has 0 saturated carbocycles. The first-order valence-electron chi connectivity index (χ1n) is 6.53. The van der Waals surface area contributed by atoms with Gasteiger partial charge in [-0.25, -0.2) is 9.67 Å². The van der Waals surface area contributed by atoms with Crippen molar-refractivity contribution >= 4 is 5.69 Å². The average molecular weight is 274 g/mol. The lowest BCUT2D eigenvalue weighted by molar-refractivity contribution is 0.389. The third-order valence-electron chi connectivity index (χ3n) is 2.81. The maximum Gasteiger partial charge on any atom is 0.269 e. The summed E-state index contributed by atoms with van der Waals surface area (Å²) in [4.78, 5) is 16.1. The molecule has 0 amide bonds. The lowest BCUT2D eigenvalue weighted by atomic mass is 10.2. The number of nitrogens with zero attached hydrogens (tertiary/aromatic N) is 3. The van der Waals surface area contributed by atoms with E-state index in [1.54, 1.807) is 31.6 Å². The predicted octanol–water partition coefficient (Wildman–Crippen LogP) is 1.52. The van der Waals surface area contributed by atoms with Crippen LogP contribution in [0.15, 0.2) is 35.4 Å². The van der Waals surface area contributed by atoms with E-state index in [9.17, 15) is 4.79 Å². The number of hydrogen-bond acceptors (Lipinski definition) is 5. The van der Waals surface area contributed by atoms with Gasteiger partial charge in [0.05, 0.1) is 25.5 Å². The van der Waals surface area contributed by atoms with E-state index in [-0.39, 0.29) is 5.56 Å². The summed E-state index contributed by atoms with van der Waals surface area (Å²) in [5.74, 6) is 0.509. The van der Waals surface area contributed by atoms with Crippen molar-refractivity contribution in [2.24, 2.45) is 0 Å². The van der Waals surface area contributed by atoms with Crippen LogP contribution in [-0.2, 0) is 6.54 Å². The highest BCUT2D eigenvalue weighted by Crippen LogP contribution is 2.14. The molecular formula is C14H18N4O2. The first-order chi connectivity index (χ1) is 9.74. The molecule has 0 unspecified atom stereocenters. The first kappa shape index (κ1) is 14.0. The molecule has 6 heteroatoms. The van der Waals surface area contributed by atoms with Crippen LogP contribution >= 0.6 is 0 Å². The fraction of sp³-hybridized carbons (Fsp3) is 0.357. The monoisotopic (exact) mass is 274 g/mol. The first-order valence-corrected chi connectivity index (χ1v) is 6.53. The lowest BCUT2D eigenvalue weighted by Gasteiger charge is -2.09. The van der Waals surface area contributed by atoms with Gasteiger partial charge in [-0.3, -0.25) is 4.79 Å². The fourth-order valence-electron chi connectivity index (χ4n) is 1.81. The maximum absolute atomic E-state index is 12.0. The van der Waals surface area contributed by atoms with E-state index >= 15 is 0 Å². The Morgan fingerprint density at radius 3 is 3.00 bits per heavy atom. The van der Waals surface area contributed by atoms with Gasteiger partial charge in [-0.1, -0.05) is 13.0 Å². The summed E-state index contributed by atoms with van der Waals surface area (Å²) in [5.41, 5.74) is 1.40. The van der Waals surface area contributed by atoms with Crippen molar-refractivity contribution in [3.63, 3.8) is 0 Å². The van der Waals surface area contributed by atoms with Crippen molar-refractivity contribution in [2.75, 3.05) is 19.0 Å². The largest absolute Gasteiger partial charge is 0.481 e. The summed E-state index contributed by atoms with van der Waals surface area (Å²) >= 11 is 0. The minimum absolute atomic E-state index is 0.156. The predicted molar refractivity (Wildman–Crippen MR) is 77.2 cm³/mol. The second kappa shape index (κ2) is 6.70. The summed E-state index contributed by atoms with van der Waals surface area (Å²) in [5, 5.41) is 7.30. The molecule has 2 aromatic rings. The zero-order valence-corrected chi connectivity index (χ0v) is 11.7. The van der Waals surface area contributed by atoms with Crippen LogP contribution in [-0.4, -0.2) is 28.4 Å². The topological polar surface area (TPSA) is 69.0 Å². The summed E-state index contributed by atoms with van der Waals surface area (Å²) < 4.78 is 6.55. The van der Waals surface area contributed by atoms with E-state index in [1.165, 1.54) is 4.68 Å². The molecule has 0 bridgehead atoms. The van der Waals surface area contributed by atoms with Crippen LogP contribution in [0.3, 0.4) is 0 Å². The second-order valence-corrected chi connectivity index (χ2v) is 4.34. The molecule has 2 rings (SSSR count). The molecule has 2 heterocycles. The van der Waals surface area contributed by atoms with Gasteiger partial charge in [0.1, 0.15) is 0 Å². The fourth-order valence-corrected chi connectivity index (χ4v) is 1.81. The number of anilines is 1. The second-order valence-electron chi connectivity index (χ2n) is 4.34. The Labute approximate surface area is 117 Å². The van der Waals surface area contributed by atoms with Crippen LogP contribution in [0.1, 0.15) is 18.9 Å². The van der Waals surface area contributed by atoms with Gasteiger partial charge in [0, 0.05) is 24.4 Å². The van der Waals surface area contributed by atoms with Crippen LogP contribution in [0, 0.1) is 0 Å². The van der Waals surface area contributed by atoms with E-state index in [2.05, 4.69) is 22.3 Å². The van der Waals surface area contributed by atoms with E-state index in [1.807, 2.05) is 6.07 Å². The molecule has 0 saturated heterocycles. The number of methoxy groups -OCH3 is 1. The minimum Gasteiger partial charge on any atom is -0.481 e. The van der Waals surface area contributed by atoms with Crippen molar-refractivity contribution in [1.82, 2.24) is 14.8 Å². The third kappa shape index (κ3) is 3.34. The van der Waals surface area contributed by atoms with E-state index in [0.29, 0.717) is 12.4 Å². The van der Waals surface area contributed by atoms with Crippen LogP contribution in [0.2, 0.25) is 0 Å². The molecule has 1 N–H and O–H groups in total. The molecule has 20 heavy (non-hydrogen) atoms. The molecule has 0 fully saturated rings. The Kier molecular flexibility index (Phi) is 4.70. The molecule has 106 valence electrons. The zero-order chi connectivity index (χ0) is 14.4. The van der Waals surface area contributed by atoms with Gasteiger partial charge < -0.3 is 10.1 Å². The summed E-state index contributed by atoms with van der Waals surface area (Å²) in [6.45, 7) is 3.22. The summed E-state index contributed by atoms with van der Waals surface area (Å²) in [7, 11) is 1.56. The number of aromatic nitrogens is 3. The number of hydrogen-bond donors (Lipinski definition) is 1. The molecule has 0 spiro atoms. The Bertz CT molecular complexity index is 625. The normalized spacial score (nSPS) is 10.3. The average Bonchev–Trinajstić information content (AvgIpc) is 2.48. The van der Waals surface area contributed by atoms with Gasteiger partial charge in [0.15, 0.2) is 0 Å². The Balaban J connectivity index is 2.19. The molecule has 0 aliphatic heterocycles. The number of pyridine rings is 1. The van der Waals surface area contributed by atoms with Crippen LogP contribution in [0.5, 0.6) is 5.88 Å². The third-order valence-corrected chi connectivity index (χ3v) is 2.81. The quantitative estimate of drug-likeness (QED) is 0.865. The standard InChI is InChI=1S/C14H18N4O2/c1-3-6-15-12-8-13(19)18(17-9-12)10-11-5-4-7-16-14(11)20-2/h4-5,7-9,15H,3,6,10H2,1-2H3. The smallest absolute Gasteiger partial charge is 0.269 e. The molecule has 0 radical (unpaired) electrons. The van der Waals surface area contributed by atoms with Crippen LogP contribution in [0.4, 0.5) is 5.69 Å². The van der Waals surface area contributed by atoms with E-state index in [0.717, 1.165) is 24.2 Å². The minimum atomic E-state index is -0.156. The maximum atomic E-state index is 12.0.